The molecule has 8 heteroatoms. The van der Waals surface area contributed by atoms with E-state index in [2.05, 4.69) is 20.7 Å². The minimum atomic E-state index is -3.73. The lowest BCUT2D eigenvalue weighted by atomic mass is 10.3. The van der Waals surface area contributed by atoms with E-state index in [9.17, 15) is 8.42 Å². The lowest BCUT2D eigenvalue weighted by Crippen LogP contribution is -2.13. The first-order valence-electron chi connectivity index (χ1n) is 6.07. The van der Waals surface area contributed by atoms with Crippen LogP contribution >= 0.6 is 27.5 Å². The fraction of sp³-hybridized carbons (Fsp3) is 0.143. The summed E-state index contributed by atoms with van der Waals surface area (Å²) in [5, 5.41) is 0.318. The van der Waals surface area contributed by atoms with Crippen molar-refractivity contribution in [3.63, 3.8) is 0 Å². The summed E-state index contributed by atoms with van der Waals surface area (Å²) in [5.74, 6) is 1.02. The number of hydrogen-bond donors (Lipinski definition) is 1. The Morgan fingerprint density at radius 2 is 1.68 bits per heavy atom. The first-order chi connectivity index (χ1) is 10.4. The SMILES string of the molecule is COc1ccc(NS(=O)(=O)c2ccc(OC)c(Br)c2)cc1Cl. The number of nitrogens with one attached hydrogen (secondary N) is 1. The van der Waals surface area contributed by atoms with Gasteiger partial charge in [-0.25, -0.2) is 8.42 Å². The van der Waals surface area contributed by atoms with E-state index < -0.39 is 10.0 Å². The van der Waals surface area contributed by atoms with E-state index in [1.54, 1.807) is 18.2 Å². The van der Waals surface area contributed by atoms with Crippen LogP contribution in [0.1, 0.15) is 0 Å². The summed E-state index contributed by atoms with van der Waals surface area (Å²) in [7, 11) is -0.740. The highest BCUT2D eigenvalue weighted by Gasteiger charge is 2.16. The summed E-state index contributed by atoms with van der Waals surface area (Å²) in [5.41, 5.74) is 0.345. The summed E-state index contributed by atoms with van der Waals surface area (Å²) in [4.78, 5) is 0.104. The minimum absolute atomic E-state index is 0.104. The van der Waals surface area contributed by atoms with Gasteiger partial charge in [0.1, 0.15) is 11.5 Å². The summed E-state index contributed by atoms with van der Waals surface area (Å²) in [6.45, 7) is 0. The molecule has 0 radical (unpaired) electrons. The standard InChI is InChI=1S/C14H13BrClNO4S/c1-20-13-6-4-10(8-11(13)15)22(18,19)17-9-3-5-14(21-2)12(16)7-9/h3-8,17H,1-2H3. The minimum Gasteiger partial charge on any atom is -0.496 e. The molecule has 22 heavy (non-hydrogen) atoms. The van der Waals surface area contributed by atoms with Gasteiger partial charge in [-0.1, -0.05) is 11.6 Å². The Kier molecular flexibility index (Phi) is 5.20. The summed E-state index contributed by atoms with van der Waals surface area (Å²) < 4.78 is 37.9. The van der Waals surface area contributed by atoms with Crippen LogP contribution in [-0.2, 0) is 10.0 Å². The molecular formula is C14H13BrClNO4S. The second-order valence-corrected chi connectivity index (χ2v) is 7.20. The zero-order valence-electron chi connectivity index (χ0n) is 11.8. The average molecular weight is 407 g/mol. The van der Waals surface area contributed by atoms with Gasteiger partial charge in [0.25, 0.3) is 10.0 Å². The van der Waals surface area contributed by atoms with Crippen LogP contribution in [0.4, 0.5) is 5.69 Å². The van der Waals surface area contributed by atoms with Crippen LogP contribution < -0.4 is 14.2 Å². The molecule has 0 amide bonds. The maximum atomic E-state index is 12.4. The summed E-state index contributed by atoms with van der Waals surface area (Å²) in [6, 6.07) is 9.13. The molecule has 0 saturated carbocycles. The van der Waals surface area contributed by atoms with Gasteiger partial charge < -0.3 is 9.47 Å². The van der Waals surface area contributed by atoms with Crippen LogP contribution in [0.15, 0.2) is 45.8 Å². The predicted octanol–water partition coefficient (Wildman–Crippen LogP) is 3.92. The maximum Gasteiger partial charge on any atom is 0.261 e. The molecule has 0 saturated heterocycles. The molecule has 0 unspecified atom stereocenters. The van der Waals surface area contributed by atoms with Gasteiger partial charge in [0.2, 0.25) is 0 Å². The van der Waals surface area contributed by atoms with Crippen molar-refractivity contribution in [2.24, 2.45) is 0 Å². The third kappa shape index (κ3) is 3.66. The molecule has 1 N–H and O–H groups in total. The zero-order valence-corrected chi connectivity index (χ0v) is 14.9. The van der Waals surface area contributed by atoms with Gasteiger partial charge >= 0.3 is 0 Å². The monoisotopic (exact) mass is 405 g/mol. The van der Waals surface area contributed by atoms with E-state index in [4.69, 9.17) is 21.1 Å². The first kappa shape index (κ1) is 16.9. The average Bonchev–Trinajstić information content (AvgIpc) is 2.47. The van der Waals surface area contributed by atoms with Gasteiger partial charge in [0, 0.05) is 0 Å². The highest BCUT2D eigenvalue weighted by Crippen LogP contribution is 2.30. The van der Waals surface area contributed by atoms with Crippen LogP contribution in [0.25, 0.3) is 0 Å². The molecule has 2 aromatic rings. The molecule has 0 bridgehead atoms. The second kappa shape index (κ2) is 6.76. The number of methoxy groups -OCH3 is 2. The lowest BCUT2D eigenvalue weighted by Gasteiger charge is -2.11. The molecule has 0 atom stereocenters. The number of ether oxygens (including phenoxy) is 2. The van der Waals surface area contributed by atoms with Crippen molar-refractivity contribution in [1.82, 2.24) is 0 Å². The topological polar surface area (TPSA) is 64.6 Å². The predicted molar refractivity (Wildman–Crippen MR) is 89.5 cm³/mol. The fourth-order valence-corrected chi connectivity index (χ4v) is 3.78. The van der Waals surface area contributed by atoms with Crippen LogP contribution in [-0.4, -0.2) is 22.6 Å². The van der Waals surface area contributed by atoms with E-state index in [0.717, 1.165) is 0 Å². The fourth-order valence-electron chi connectivity index (χ4n) is 1.76. The summed E-state index contributed by atoms with van der Waals surface area (Å²) >= 11 is 9.25. The highest BCUT2D eigenvalue weighted by molar-refractivity contribution is 9.10. The molecule has 2 rings (SSSR count). The van der Waals surface area contributed by atoms with Gasteiger partial charge in [0.15, 0.2) is 0 Å². The molecule has 0 aliphatic carbocycles. The maximum absolute atomic E-state index is 12.4. The normalized spacial score (nSPS) is 11.1. The Morgan fingerprint density at radius 1 is 1.05 bits per heavy atom. The second-order valence-electron chi connectivity index (χ2n) is 4.25. The highest BCUT2D eigenvalue weighted by atomic mass is 79.9. The number of hydrogen-bond acceptors (Lipinski definition) is 4. The number of benzene rings is 2. The molecule has 5 nitrogen and oxygen atoms in total. The lowest BCUT2D eigenvalue weighted by molar-refractivity contribution is 0.411. The molecule has 0 heterocycles. The molecular weight excluding hydrogens is 394 g/mol. The van der Waals surface area contributed by atoms with E-state index in [-0.39, 0.29) is 4.90 Å². The van der Waals surface area contributed by atoms with E-state index >= 15 is 0 Å². The molecule has 0 aliphatic rings. The van der Waals surface area contributed by atoms with Crippen LogP contribution in [0.2, 0.25) is 5.02 Å². The molecule has 2 aromatic carbocycles. The van der Waals surface area contributed by atoms with Crippen molar-refractivity contribution in [1.29, 1.82) is 0 Å². The third-order valence-corrected chi connectivity index (χ3v) is 5.13. The van der Waals surface area contributed by atoms with Crippen LogP contribution in [0, 0.1) is 0 Å². The van der Waals surface area contributed by atoms with Gasteiger partial charge in [-0.15, -0.1) is 0 Å². The number of rotatable bonds is 5. The third-order valence-electron chi connectivity index (χ3n) is 2.84. The molecule has 0 spiro atoms. The van der Waals surface area contributed by atoms with Gasteiger partial charge in [-0.3, -0.25) is 4.72 Å². The Hall–Kier alpha value is -1.44. The first-order valence-corrected chi connectivity index (χ1v) is 8.72. The van der Waals surface area contributed by atoms with Crippen molar-refractivity contribution in [2.45, 2.75) is 4.90 Å². The Morgan fingerprint density at radius 3 is 2.23 bits per heavy atom. The molecule has 118 valence electrons. The van der Waals surface area contributed by atoms with E-state index in [1.165, 1.54) is 32.4 Å². The van der Waals surface area contributed by atoms with E-state index in [0.29, 0.717) is 26.7 Å². The van der Waals surface area contributed by atoms with Crippen molar-refractivity contribution in [3.05, 3.63) is 45.9 Å². The summed E-state index contributed by atoms with van der Waals surface area (Å²) in [6.07, 6.45) is 0. The van der Waals surface area contributed by atoms with E-state index in [1.807, 2.05) is 0 Å². The van der Waals surface area contributed by atoms with Crippen molar-refractivity contribution in [3.8, 4) is 11.5 Å². The smallest absolute Gasteiger partial charge is 0.261 e. The molecule has 0 aromatic heterocycles. The Labute approximate surface area is 142 Å². The van der Waals surface area contributed by atoms with Crippen molar-refractivity contribution in [2.75, 3.05) is 18.9 Å². The molecule has 0 fully saturated rings. The van der Waals surface area contributed by atoms with Crippen LogP contribution in [0.5, 0.6) is 11.5 Å². The zero-order chi connectivity index (χ0) is 16.3. The van der Waals surface area contributed by atoms with Crippen molar-refractivity contribution < 1.29 is 17.9 Å². The van der Waals surface area contributed by atoms with Gasteiger partial charge in [0.05, 0.1) is 34.3 Å². The largest absolute Gasteiger partial charge is 0.496 e. The van der Waals surface area contributed by atoms with Crippen molar-refractivity contribution >= 4 is 43.2 Å². The van der Waals surface area contributed by atoms with Gasteiger partial charge in [-0.05, 0) is 52.3 Å². The van der Waals surface area contributed by atoms with Crippen LogP contribution in [0.3, 0.4) is 0 Å². The van der Waals surface area contributed by atoms with Gasteiger partial charge in [-0.2, -0.15) is 0 Å². The Bertz CT molecular complexity index is 795. The number of anilines is 1. The number of halogens is 2. The quantitative estimate of drug-likeness (QED) is 0.817. The molecule has 0 aliphatic heterocycles. The Balaban J connectivity index is 2.31. The number of sulfonamides is 1.